The average molecular weight is 268 g/mol. The first-order chi connectivity index (χ1) is 9.95. The topological polar surface area (TPSA) is 34.2 Å². The molecule has 0 saturated carbocycles. The Labute approximate surface area is 121 Å². The summed E-state index contributed by atoms with van der Waals surface area (Å²) < 4.78 is 5.62. The Kier molecular flexibility index (Phi) is 6.59. The molecule has 0 amide bonds. The highest BCUT2D eigenvalue weighted by molar-refractivity contribution is 5.13. The summed E-state index contributed by atoms with van der Waals surface area (Å²) in [5.74, 6) is 0. The minimum atomic E-state index is 0.694. The van der Waals surface area contributed by atoms with Crippen molar-refractivity contribution in [3.63, 3.8) is 0 Å². The molecule has 1 aromatic heterocycles. The highest BCUT2D eigenvalue weighted by Crippen LogP contribution is 2.00. The summed E-state index contributed by atoms with van der Waals surface area (Å²) in [4.78, 5) is 4.21. The molecule has 2 aromatic rings. The van der Waals surface area contributed by atoms with Crippen LogP contribution in [0.25, 0.3) is 0 Å². The third-order valence-corrected chi connectivity index (χ3v) is 2.90. The lowest BCUT2D eigenvalue weighted by Gasteiger charge is -2.05. The molecular formula is C17H20N2O. The second-order valence-corrected chi connectivity index (χ2v) is 4.55. The van der Waals surface area contributed by atoms with Crippen molar-refractivity contribution in [2.45, 2.75) is 19.4 Å². The Morgan fingerprint density at radius 2 is 2.05 bits per heavy atom. The summed E-state index contributed by atoms with van der Waals surface area (Å²) in [6.07, 6.45) is 3.66. The monoisotopic (exact) mass is 268 g/mol. The summed E-state index contributed by atoms with van der Waals surface area (Å²) in [5, 5.41) is 3.38. The fraction of sp³-hybridized carbons (Fsp3) is 0.353. The number of rotatable bonds is 9. The molecule has 1 N–H and O–H groups in total. The number of benzene rings is 1. The van der Waals surface area contributed by atoms with Crippen molar-refractivity contribution in [2.24, 2.45) is 0 Å². The van der Waals surface area contributed by atoms with Crippen molar-refractivity contribution in [1.82, 2.24) is 10.3 Å². The highest BCUT2D eigenvalue weighted by Gasteiger charge is 1.94. The molecule has 0 unspecified atom stereocenters. The molecule has 20 heavy (non-hydrogen) atoms. The molecule has 2 rings (SSSR count). The van der Waals surface area contributed by atoms with Crippen LogP contribution >= 0.6 is 0 Å². The van der Waals surface area contributed by atoms with E-state index in [0.29, 0.717) is 6.61 Å². The molecule has 0 bridgehead atoms. The maximum absolute atomic E-state index is 5.62. The number of ether oxygens (including phenoxy) is 1. The molecular weight excluding hydrogens is 248 g/mol. The number of nitrogens with zero attached hydrogens (tertiary/aromatic N) is 1. The summed E-state index contributed by atoms with van der Waals surface area (Å²) in [6, 6.07) is 17.9. The molecule has 0 aliphatic heterocycles. The largest absolute Gasteiger partial charge is 0.377 e. The Bertz CT molecular complexity index is 413. The van der Waals surface area contributed by atoms with Crippen LogP contribution in [-0.2, 0) is 17.8 Å². The summed E-state index contributed by atoms with van der Waals surface area (Å²) in [5.41, 5.74) is 2.18. The van der Waals surface area contributed by atoms with E-state index in [9.17, 15) is 0 Å². The van der Waals surface area contributed by atoms with Crippen molar-refractivity contribution in [1.29, 1.82) is 0 Å². The van der Waals surface area contributed by atoms with Gasteiger partial charge in [0, 0.05) is 31.8 Å². The van der Waals surface area contributed by atoms with Crippen LogP contribution in [0.3, 0.4) is 0 Å². The molecule has 1 heterocycles. The van der Waals surface area contributed by atoms with Gasteiger partial charge in [-0.05, 0) is 24.6 Å². The Hall–Kier alpha value is -1.89. The zero-order valence-electron chi connectivity index (χ0n) is 11.6. The fourth-order valence-electron chi connectivity index (χ4n) is 1.84. The molecule has 0 atom stereocenters. The second kappa shape index (κ2) is 9.08. The normalized spacial score (nSPS) is 10.2. The van der Waals surface area contributed by atoms with Gasteiger partial charge in [0.1, 0.15) is 0 Å². The Morgan fingerprint density at radius 3 is 2.85 bits per heavy atom. The van der Waals surface area contributed by atoms with E-state index in [1.807, 2.05) is 18.2 Å². The average Bonchev–Trinajstić information content (AvgIpc) is 2.52. The van der Waals surface area contributed by atoms with E-state index < -0.39 is 0 Å². The van der Waals surface area contributed by atoms with Gasteiger partial charge in [-0.2, -0.15) is 0 Å². The fourth-order valence-corrected chi connectivity index (χ4v) is 1.84. The summed E-state index contributed by atoms with van der Waals surface area (Å²) in [6.45, 7) is 3.36. The molecule has 0 aliphatic rings. The molecule has 0 saturated heterocycles. The zero-order chi connectivity index (χ0) is 13.9. The van der Waals surface area contributed by atoms with Gasteiger partial charge in [-0.3, -0.25) is 4.98 Å². The third-order valence-electron chi connectivity index (χ3n) is 2.90. The van der Waals surface area contributed by atoms with Crippen LogP contribution in [0.1, 0.15) is 17.7 Å². The van der Waals surface area contributed by atoms with Gasteiger partial charge in [0.25, 0.3) is 0 Å². The van der Waals surface area contributed by atoms with E-state index in [1.54, 1.807) is 12.3 Å². The Balaban J connectivity index is 1.44. The van der Waals surface area contributed by atoms with Gasteiger partial charge in [-0.1, -0.05) is 36.4 Å². The smallest absolute Gasteiger partial charge is 0.0915 e. The van der Waals surface area contributed by atoms with Crippen molar-refractivity contribution >= 4 is 0 Å². The first kappa shape index (κ1) is 14.5. The van der Waals surface area contributed by atoms with E-state index in [1.165, 1.54) is 5.56 Å². The van der Waals surface area contributed by atoms with E-state index >= 15 is 0 Å². The molecule has 3 heteroatoms. The van der Waals surface area contributed by atoms with Crippen molar-refractivity contribution < 1.29 is 4.74 Å². The maximum Gasteiger partial charge on any atom is 0.0915 e. The maximum atomic E-state index is 5.62. The first-order valence-electron chi connectivity index (χ1n) is 7.01. The minimum Gasteiger partial charge on any atom is -0.377 e. The van der Waals surface area contributed by atoms with Crippen LogP contribution in [0.2, 0.25) is 0 Å². The van der Waals surface area contributed by atoms with Crippen LogP contribution in [0.4, 0.5) is 0 Å². The van der Waals surface area contributed by atoms with Gasteiger partial charge >= 0.3 is 0 Å². The van der Waals surface area contributed by atoms with Gasteiger partial charge in [-0.15, -0.1) is 0 Å². The number of nitrogens with one attached hydrogen (secondary N) is 1. The van der Waals surface area contributed by atoms with E-state index in [0.717, 1.165) is 38.2 Å². The van der Waals surface area contributed by atoms with Crippen molar-refractivity contribution in [2.75, 3.05) is 19.7 Å². The molecule has 1 aromatic carbocycles. The highest BCUT2D eigenvalue weighted by atomic mass is 16.5. The number of hydrogen-bond acceptors (Lipinski definition) is 3. The Morgan fingerprint density at radius 1 is 1.15 bits per heavy atom. The third kappa shape index (κ3) is 5.83. The lowest BCUT2D eigenvalue weighted by atomic mass is 10.2. The number of aromatic nitrogens is 1. The van der Waals surface area contributed by atoms with Crippen LogP contribution in [-0.4, -0.2) is 24.7 Å². The van der Waals surface area contributed by atoms with Crippen LogP contribution in [0.15, 0.2) is 42.6 Å². The van der Waals surface area contributed by atoms with E-state index in [2.05, 4.69) is 34.6 Å². The molecule has 0 spiro atoms. The lowest BCUT2D eigenvalue weighted by molar-refractivity contribution is 0.118. The predicted octanol–water partition coefficient (Wildman–Crippen LogP) is 2.42. The SMILES string of the molecule is c1ccnc(CCNCCCOCc2ccccc2)c#1. The van der Waals surface area contributed by atoms with Crippen LogP contribution in [0, 0.1) is 12.1 Å². The zero-order valence-corrected chi connectivity index (χ0v) is 11.6. The lowest BCUT2D eigenvalue weighted by Crippen LogP contribution is -2.20. The first-order valence-corrected chi connectivity index (χ1v) is 7.01. The second-order valence-electron chi connectivity index (χ2n) is 4.55. The van der Waals surface area contributed by atoms with E-state index in [4.69, 9.17) is 4.74 Å². The van der Waals surface area contributed by atoms with Gasteiger partial charge < -0.3 is 10.1 Å². The molecule has 0 aliphatic carbocycles. The van der Waals surface area contributed by atoms with E-state index in [-0.39, 0.29) is 0 Å². The van der Waals surface area contributed by atoms with Gasteiger partial charge in [0.05, 0.1) is 12.3 Å². The van der Waals surface area contributed by atoms with Crippen molar-refractivity contribution in [3.05, 3.63) is 66.0 Å². The minimum absolute atomic E-state index is 0.694. The molecule has 3 nitrogen and oxygen atoms in total. The summed E-state index contributed by atoms with van der Waals surface area (Å²) in [7, 11) is 0. The van der Waals surface area contributed by atoms with Gasteiger partial charge in [0.2, 0.25) is 0 Å². The van der Waals surface area contributed by atoms with Crippen LogP contribution in [0.5, 0.6) is 0 Å². The molecule has 104 valence electrons. The van der Waals surface area contributed by atoms with Crippen molar-refractivity contribution in [3.8, 4) is 0 Å². The molecule has 0 radical (unpaired) electrons. The van der Waals surface area contributed by atoms with Gasteiger partial charge in [0.15, 0.2) is 0 Å². The standard InChI is InChI=1S/C17H20N2O/c1-2-7-16(8-3-1)15-20-14-6-11-18-13-10-17-9-4-5-12-19-17/h1-3,5,7-8,12,18H,6,10-11,13-15H2. The number of hydrogen-bond donors (Lipinski definition) is 1. The van der Waals surface area contributed by atoms with Gasteiger partial charge in [-0.25, -0.2) is 0 Å². The molecule has 0 fully saturated rings. The van der Waals surface area contributed by atoms with Crippen LogP contribution < -0.4 is 5.32 Å². The summed E-state index contributed by atoms with van der Waals surface area (Å²) >= 11 is 0. The quantitative estimate of drug-likeness (QED) is 0.709. The predicted molar refractivity (Wildman–Crippen MR) is 79.2 cm³/mol.